The molecule has 2 rings (SSSR count). The molecule has 0 radical (unpaired) electrons. The molecule has 1 N–H and O–H groups in total. The molecule has 1 aliphatic carbocycles. The second-order valence-electron chi connectivity index (χ2n) is 3.74. The lowest BCUT2D eigenvalue weighted by molar-refractivity contribution is 0.778. The van der Waals surface area contributed by atoms with Gasteiger partial charge in [-0.25, -0.2) is 0 Å². The summed E-state index contributed by atoms with van der Waals surface area (Å²) in [6, 6.07) is 0. The fourth-order valence-electron chi connectivity index (χ4n) is 1.83. The third kappa shape index (κ3) is 2.38. The van der Waals surface area contributed by atoms with Crippen LogP contribution in [0, 0.1) is 0 Å². The van der Waals surface area contributed by atoms with Crippen molar-refractivity contribution in [1.82, 2.24) is 5.32 Å². The summed E-state index contributed by atoms with van der Waals surface area (Å²) < 4.78 is 0. The smallest absolute Gasteiger partial charge is 0.0372 e. The van der Waals surface area contributed by atoms with E-state index in [-0.39, 0.29) is 0 Å². The maximum atomic E-state index is 3.48. The standard InChI is InChI=1S/C13H17N/c1-2-5-9-12(8-4-1)13-10-6-3-7-11-14-13/h1,3-4,6,8,10,14H,2,5,7,9,11H2. The van der Waals surface area contributed by atoms with Gasteiger partial charge in [-0.05, 0) is 37.3 Å². The van der Waals surface area contributed by atoms with Gasteiger partial charge < -0.3 is 5.32 Å². The Bertz CT molecular complexity index is 273. The van der Waals surface area contributed by atoms with E-state index in [0.717, 1.165) is 13.0 Å². The van der Waals surface area contributed by atoms with Crippen LogP contribution in [0.2, 0.25) is 0 Å². The van der Waals surface area contributed by atoms with Crippen molar-refractivity contribution in [2.75, 3.05) is 6.54 Å². The molecule has 1 heteroatoms. The van der Waals surface area contributed by atoms with Crippen molar-refractivity contribution in [2.24, 2.45) is 0 Å². The van der Waals surface area contributed by atoms with Gasteiger partial charge in [-0.1, -0.05) is 30.4 Å². The van der Waals surface area contributed by atoms with E-state index in [1.54, 1.807) is 0 Å². The molecule has 14 heavy (non-hydrogen) atoms. The molecule has 0 bridgehead atoms. The van der Waals surface area contributed by atoms with E-state index in [1.165, 1.54) is 30.5 Å². The highest BCUT2D eigenvalue weighted by Gasteiger charge is 2.05. The van der Waals surface area contributed by atoms with Gasteiger partial charge in [0.2, 0.25) is 0 Å². The lowest BCUT2D eigenvalue weighted by Crippen LogP contribution is -2.14. The fourth-order valence-corrected chi connectivity index (χ4v) is 1.83. The van der Waals surface area contributed by atoms with E-state index in [2.05, 4.69) is 41.8 Å². The Hall–Kier alpha value is -1.24. The summed E-state index contributed by atoms with van der Waals surface area (Å²) in [5.74, 6) is 0. The van der Waals surface area contributed by atoms with Crippen LogP contribution in [-0.2, 0) is 0 Å². The molecule has 0 saturated carbocycles. The van der Waals surface area contributed by atoms with E-state index >= 15 is 0 Å². The number of hydrogen-bond acceptors (Lipinski definition) is 1. The minimum absolute atomic E-state index is 1.06. The Kier molecular flexibility index (Phi) is 3.23. The topological polar surface area (TPSA) is 12.0 Å². The predicted molar refractivity (Wildman–Crippen MR) is 60.9 cm³/mol. The Morgan fingerprint density at radius 1 is 1.00 bits per heavy atom. The van der Waals surface area contributed by atoms with Gasteiger partial charge in [0.15, 0.2) is 0 Å². The van der Waals surface area contributed by atoms with Crippen LogP contribution >= 0.6 is 0 Å². The first-order valence-electron chi connectivity index (χ1n) is 5.43. The molecule has 0 fully saturated rings. The van der Waals surface area contributed by atoms with E-state index in [9.17, 15) is 0 Å². The zero-order valence-corrected chi connectivity index (χ0v) is 8.50. The van der Waals surface area contributed by atoms with Crippen molar-refractivity contribution < 1.29 is 0 Å². The molecule has 0 amide bonds. The Balaban J connectivity index is 2.12. The maximum absolute atomic E-state index is 3.48. The van der Waals surface area contributed by atoms with Crippen molar-refractivity contribution in [1.29, 1.82) is 0 Å². The van der Waals surface area contributed by atoms with Gasteiger partial charge >= 0.3 is 0 Å². The molecule has 0 aromatic carbocycles. The molecule has 74 valence electrons. The van der Waals surface area contributed by atoms with Gasteiger partial charge in [0.1, 0.15) is 0 Å². The van der Waals surface area contributed by atoms with Gasteiger partial charge in [0.05, 0.1) is 0 Å². The SMILES string of the molecule is C1=CCCCC(C2=CC=CCCN2)=C1. The molecule has 0 unspecified atom stereocenters. The van der Waals surface area contributed by atoms with Crippen LogP contribution in [0.1, 0.15) is 25.7 Å². The van der Waals surface area contributed by atoms with Crippen molar-refractivity contribution in [2.45, 2.75) is 25.7 Å². The largest absolute Gasteiger partial charge is 0.385 e. The summed E-state index contributed by atoms with van der Waals surface area (Å²) in [4.78, 5) is 0. The molecule has 0 saturated heterocycles. The predicted octanol–water partition coefficient (Wildman–Crippen LogP) is 3.09. The maximum Gasteiger partial charge on any atom is 0.0372 e. The quantitative estimate of drug-likeness (QED) is 0.665. The molecule has 2 aliphatic rings. The number of allylic oxidation sites excluding steroid dienone is 6. The number of nitrogens with one attached hydrogen (secondary N) is 1. The van der Waals surface area contributed by atoms with Gasteiger partial charge in [0.25, 0.3) is 0 Å². The minimum Gasteiger partial charge on any atom is -0.385 e. The van der Waals surface area contributed by atoms with Crippen molar-refractivity contribution in [3.05, 3.63) is 47.7 Å². The normalized spacial score (nSPS) is 21.7. The number of rotatable bonds is 1. The monoisotopic (exact) mass is 187 g/mol. The Morgan fingerprint density at radius 2 is 1.86 bits per heavy atom. The van der Waals surface area contributed by atoms with E-state index in [0.29, 0.717) is 0 Å². The molecule has 1 heterocycles. The highest BCUT2D eigenvalue weighted by atomic mass is 14.9. The van der Waals surface area contributed by atoms with E-state index in [1.807, 2.05) is 0 Å². The van der Waals surface area contributed by atoms with Crippen LogP contribution in [0.25, 0.3) is 0 Å². The van der Waals surface area contributed by atoms with Gasteiger partial charge in [-0.3, -0.25) is 0 Å². The van der Waals surface area contributed by atoms with Crippen molar-refractivity contribution in [3.8, 4) is 0 Å². The molecule has 1 nitrogen and oxygen atoms in total. The summed E-state index contributed by atoms with van der Waals surface area (Å²) in [7, 11) is 0. The molecule has 1 aliphatic heterocycles. The van der Waals surface area contributed by atoms with Crippen LogP contribution < -0.4 is 5.32 Å². The summed E-state index contributed by atoms with van der Waals surface area (Å²) in [5, 5.41) is 3.48. The van der Waals surface area contributed by atoms with Crippen LogP contribution in [0.3, 0.4) is 0 Å². The zero-order valence-electron chi connectivity index (χ0n) is 8.50. The second-order valence-corrected chi connectivity index (χ2v) is 3.74. The summed E-state index contributed by atoms with van der Waals surface area (Å²) in [6.07, 6.45) is 18.0. The zero-order chi connectivity index (χ0) is 9.64. The van der Waals surface area contributed by atoms with Crippen LogP contribution in [0.4, 0.5) is 0 Å². The first-order chi connectivity index (χ1) is 6.97. The van der Waals surface area contributed by atoms with E-state index in [4.69, 9.17) is 0 Å². The highest BCUT2D eigenvalue weighted by molar-refractivity contribution is 5.36. The molecule has 0 aromatic rings. The number of hydrogen-bond donors (Lipinski definition) is 1. The summed E-state index contributed by atoms with van der Waals surface area (Å²) in [5.41, 5.74) is 2.76. The second kappa shape index (κ2) is 4.85. The van der Waals surface area contributed by atoms with Gasteiger partial charge in [0, 0.05) is 12.2 Å². The van der Waals surface area contributed by atoms with Crippen LogP contribution in [-0.4, -0.2) is 6.54 Å². The summed E-state index contributed by atoms with van der Waals surface area (Å²) >= 11 is 0. The molecule has 0 aromatic heterocycles. The van der Waals surface area contributed by atoms with Crippen molar-refractivity contribution >= 4 is 0 Å². The molecular weight excluding hydrogens is 170 g/mol. The third-order valence-electron chi connectivity index (χ3n) is 2.62. The minimum atomic E-state index is 1.06. The molecule has 0 atom stereocenters. The summed E-state index contributed by atoms with van der Waals surface area (Å²) in [6.45, 7) is 1.06. The molecule has 0 spiro atoms. The average molecular weight is 187 g/mol. The first kappa shape index (κ1) is 9.32. The van der Waals surface area contributed by atoms with Crippen LogP contribution in [0.15, 0.2) is 47.7 Å². The fraction of sp³-hybridized carbons (Fsp3) is 0.385. The van der Waals surface area contributed by atoms with Crippen molar-refractivity contribution in [3.63, 3.8) is 0 Å². The highest BCUT2D eigenvalue weighted by Crippen LogP contribution is 2.19. The Labute approximate surface area is 85.9 Å². The molecular formula is C13H17N. The third-order valence-corrected chi connectivity index (χ3v) is 2.62. The lowest BCUT2D eigenvalue weighted by Gasteiger charge is -2.11. The lowest BCUT2D eigenvalue weighted by atomic mass is 10.1. The van der Waals surface area contributed by atoms with E-state index < -0.39 is 0 Å². The first-order valence-corrected chi connectivity index (χ1v) is 5.43. The van der Waals surface area contributed by atoms with Gasteiger partial charge in [-0.2, -0.15) is 0 Å². The van der Waals surface area contributed by atoms with Crippen LogP contribution in [0.5, 0.6) is 0 Å². The Morgan fingerprint density at radius 3 is 2.86 bits per heavy atom. The average Bonchev–Trinajstić information content (AvgIpc) is 2.62. The van der Waals surface area contributed by atoms with Gasteiger partial charge in [-0.15, -0.1) is 0 Å².